The van der Waals surface area contributed by atoms with Gasteiger partial charge in [-0.25, -0.2) is 0 Å². The van der Waals surface area contributed by atoms with E-state index >= 15 is 0 Å². The molecular weight excluding hydrogens is 294 g/mol. The normalized spacial score (nSPS) is 24.0. The molecule has 1 N–H and O–H groups in total. The third-order valence-electron chi connectivity index (χ3n) is 4.73. The van der Waals surface area contributed by atoms with Crippen molar-refractivity contribution >= 4 is 22.7 Å². The molecule has 2 aromatic heterocycles. The van der Waals surface area contributed by atoms with Crippen LogP contribution in [0.3, 0.4) is 0 Å². The molecule has 114 valence electrons. The fourth-order valence-corrected chi connectivity index (χ4v) is 4.92. The molecular formula is C18H25NS2. The summed E-state index contributed by atoms with van der Waals surface area (Å²) in [6.07, 6.45) is 8.01. The molecule has 1 unspecified atom stereocenters. The largest absolute Gasteiger partial charge is 0.306 e. The summed E-state index contributed by atoms with van der Waals surface area (Å²) in [6, 6.07) is 10.1. The molecule has 0 aromatic carbocycles. The van der Waals surface area contributed by atoms with Crippen molar-refractivity contribution in [3.05, 3.63) is 44.8 Å². The Hall–Kier alpha value is -0.640. The lowest BCUT2D eigenvalue weighted by Crippen LogP contribution is -2.36. The molecule has 3 heteroatoms. The zero-order chi connectivity index (χ0) is 14.5. The Morgan fingerprint density at radius 1 is 1.10 bits per heavy atom. The maximum atomic E-state index is 3.96. The minimum absolute atomic E-state index is 0.492. The van der Waals surface area contributed by atoms with E-state index in [4.69, 9.17) is 0 Å². The number of rotatable bonds is 6. The van der Waals surface area contributed by atoms with E-state index < -0.39 is 0 Å². The quantitative estimate of drug-likeness (QED) is 0.725. The van der Waals surface area contributed by atoms with Gasteiger partial charge in [-0.2, -0.15) is 0 Å². The third-order valence-corrected chi connectivity index (χ3v) is 6.62. The highest BCUT2D eigenvalue weighted by Gasteiger charge is 2.23. The van der Waals surface area contributed by atoms with Crippen molar-refractivity contribution in [3.63, 3.8) is 0 Å². The second kappa shape index (κ2) is 7.57. The van der Waals surface area contributed by atoms with Crippen LogP contribution in [0.15, 0.2) is 35.0 Å². The molecule has 1 aliphatic carbocycles. The lowest BCUT2D eigenvalue weighted by molar-refractivity contribution is 0.270. The van der Waals surface area contributed by atoms with Crippen LogP contribution in [-0.4, -0.2) is 6.04 Å². The van der Waals surface area contributed by atoms with E-state index in [0.29, 0.717) is 12.1 Å². The molecule has 1 atom stereocenters. The Balaban J connectivity index is 1.63. The Labute approximate surface area is 136 Å². The average Bonchev–Trinajstić information content (AvgIpc) is 3.21. The van der Waals surface area contributed by atoms with E-state index in [0.717, 1.165) is 12.3 Å². The predicted molar refractivity (Wildman–Crippen MR) is 94.3 cm³/mol. The number of hydrogen-bond donors (Lipinski definition) is 1. The van der Waals surface area contributed by atoms with Crippen molar-refractivity contribution in [1.82, 2.24) is 5.32 Å². The van der Waals surface area contributed by atoms with Crippen molar-refractivity contribution < 1.29 is 0 Å². The van der Waals surface area contributed by atoms with Crippen LogP contribution in [0.1, 0.15) is 54.8 Å². The van der Waals surface area contributed by atoms with Gasteiger partial charge in [0.1, 0.15) is 0 Å². The first kappa shape index (κ1) is 15.3. The summed E-state index contributed by atoms with van der Waals surface area (Å²) in [5, 5.41) is 8.35. The van der Waals surface area contributed by atoms with Gasteiger partial charge in [0.15, 0.2) is 0 Å². The van der Waals surface area contributed by atoms with E-state index in [2.05, 4.69) is 47.3 Å². The molecule has 0 amide bonds. The van der Waals surface area contributed by atoms with E-state index in [-0.39, 0.29) is 0 Å². The second-order valence-corrected chi connectivity index (χ2v) is 8.16. The molecule has 0 radical (unpaired) electrons. The molecule has 3 rings (SSSR count). The van der Waals surface area contributed by atoms with Gasteiger partial charge in [0.25, 0.3) is 0 Å². The Kier molecular flexibility index (Phi) is 5.50. The summed E-state index contributed by atoms with van der Waals surface area (Å²) < 4.78 is 0. The van der Waals surface area contributed by atoms with Crippen molar-refractivity contribution in [2.24, 2.45) is 5.92 Å². The highest BCUT2D eigenvalue weighted by molar-refractivity contribution is 7.10. The molecule has 0 spiro atoms. The van der Waals surface area contributed by atoms with Gasteiger partial charge >= 0.3 is 0 Å². The highest BCUT2D eigenvalue weighted by Crippen LogP contribution is 2.30. The molecule has 2 aromatic rings. The SMILES string of the molecule is CCC1CCC(NC(Cc2cccs2)c2cccs2)CC1. The van der Waals surface area contributed by atoms with Crippen LogP contribution in [0.25, 0.3) is 0 Å². The van der Waals surface area contributed by atoms with Crippen LogP contribution in [0, 0.1) is 5.92 Å². The van der Waals surface area contributed by atoms with Crippen molar-refractivity contribution in [1.29, 1.82) is 0 Å². The van der Waals surface area contributed by atoms with Crippen molar-refractivity contribution in [3.8, 4) is 0 Å². The Morgan fingerprint density at radius 3 is 2.48 bits per heavy atom. The maximum Gasteiger partial charge on any atom is 0.0465 e. The van der Waals surface area contributed by atoms with Gasteiger partial charge in [0.05, 0.1) is 0 Å². The van der Waals surface area contributed by atoms with Crippen molar-refractivity contribution in [2.45, 2.75) is 57.5 Å². The van der Waals surface area contributed by atoms with Gasteiger partial charge in [-0.15, -0.1) is 22.7 Å². The molecule has 1 fully saturated rings. The third kappa shape index (κ3) is 4.18. The van der Waals surface area contributed by atoms with Gasteiger partial charge < -0.3 is 5.32 Å². The summed E-state index contributed by atoms with van der Waals surface area (Å²) in [5.41, 5.74) is 0. The van der Waals surface area contributed by atoms with E-state index in [1.165, 1.54) is 41.9 Å². The molecule has 0 aliphatic heterocycles. The van der Waals surface area contributed by atoms with Crippen LogP contribution in [0.5, 0.6) is 0 Å². The first-order chi connectivity index (χ1) is 10.3. The van der Waals surface area contributed by atoms with E-state index in [1.54, 1.807) is 0 Å². The standard InChI is InChI=1S/C18H25NS2/c1-2-14-7-9-15(10-8-14)19-17(18-6-4-12-21-18)13-16-5-3-11-20-16/h3-6,11-12,14-15,17,19H,2,7-10,13H2,1H3. The highest BCUT2D eigenvalue weighted by atomic mass is 32.1. The van der Waals surface area contributed by atoms with E-state index in [9.17, 15) is 0 Å². The van der Waals surface area contributed by atoms with Crippen LogP contribution in [-0.2, 0) is 6.42 Å². The molecule has 1 nitrogen and oxygen atoms in total. The topological polar surface area (TPSA) is 12.0 Å². The first-order valence-corrected chi connectivity index (χ1v) is 9.93. The van der Waals surface area contributed by atoms with Gasteiger partial charge in [-0.05, 0) is 54.5 Å². The summed E-state index contributed by atoms with van der Waals surface area (Å²) in [5.74, 6) is 0.973. The smallest absolute Gasteiger partial charge is 0.0465 e. The lowest BCUT2D eigenvalue weighted by atomic mass is 9.84. The molecule has 2 heterocycles. The summed E-state index contributed by atoms with van der Waals surface area (Å²) in [7, 11) is 0. The van der Waals surface area contributed by atoms with Gasteiger partial charge in [0.2, 0.25) is 0 Å². The zero-order valence-electron chi connectivity index (χ0n) is 12.8. The molecule has 1 saturated carbocycles. The minimum Gasteiger partial charge on any atom is -0.306 e. The Bertz CT molecular complexity index is 495. The maximum absolute atomic E-state index is 3.96. The van der Waals surface area contributed by atoms with Crippen LogP contribution >= 0.6 is 22.7 Å². The second-order valence-electron chi connectivity index (χ2n) is 6.14. The number of nitrogens with one attached hydrogen (secondary N) is 1. The predicted octanol–water partition coefficient (Wildman–Crippen LogP) is 5.65. The zero-order valence-corrected chi connectivity index (χ0v) is 14.4. The summed E-state index contributed by atoms with van der Waals surface area (Å²) in [6.45, 7) is 2.34. The number of thiophene rings is 2. The van der Waals surface area contributed by atoms with Gasteiger partial charge in [0, 0.05) is 28.3 Å². The minimum atomic E-state index is 0.492. The average molecular weight is 320 g/mol. The van der Waals surface area contributed by atoms with Crippen LogP contribution < -0.4 is 5.32 Å². The molecule has 0 saturated heterocycles. The molecule has 0 bridgehead atoms. The molecule has 1 aliphatic rings. The fourth-order valence-electron chi connectivity index (χ4n) is 3.38. The Morgan fingerprint density at radius 2 is 1.86 bits per heavy atom. The first-order valence-electron chi connectivity index (χ1n) is 8.17. The van der Waals surface area contributed by atoms with Crippen LogP contribution in [0.4, 0.5) is 0 Å². The molecule has 21 heavy (non-hydrogen) atoms. The lowest BCUT2D eigenvalue weighted by Gasteiger charge is -2.31. The summed E-state index contributed by atoms with van der Waals surface area (Å²) in [4.78, 5) is 2.98. The van der Waals surface area contributed by atoms with Gasteiger partial charge in [-0.3, -0.25) is 0 Å². The van der Waals surface area contributed by atoms with Crippen molar-refractivity contribution in [2.75, 3.05) is 0 Å². The van der Waals surface area contributed by atoms with Gasteiger partial charge in [-0.1, -0.05) is 25.5 Å². The van der Waals surface area contributed by atoms with E-state index in [1.807, 2.05) is 22.7 Å². The number of hydrogen-bond acceptors (Lipinski definition) is 3. The fraction of sp³-hybridized carbons (Fsp3) is 0.556. The summed E-state index contributed by atoms with van der Waals surface area (Å²) >= 11 is 3.77. The van der Waals surface area contributed by atoms with Crippen LogP contribution in [0.2, 0.25) is 0 Å². The monoisotopic (exact) mass is 319 g/mol.